The first-order valence-corrected chi connectivity index (χ1v) is 8.58. The van der Waals surface area contributed by atoms with Gasteiger partial charge in [0.1, 0.15) is 0 Å². The van der Waals surface area contributed by atoms with Crippen molar-refractivity contribution in [2.75, 3.05) is 0 Å². The van der Waals surface area contributed by atoms with Crippen molar-refractivity contribution in [1.29, 1.82) is 0 Å². The first kappa shape index (κ1) is 14.2. The summed E-state index contributed by atoms with van der Waals surface area (Å²) in [7, 11) is 0. The van der Waals surface area contributed by atoms with Gasteiger partial charge in [0.15, 0.2) is 0 Å². The zero-order chi connectivity index (χ0) is 13.9. The molecule has 0 aliphatic heterocycles. The highest BCUT2D eigenvalue weighted by Gasteiger charge is 2.20. The average Bonchev–Trinajstić information content (AvgIpc) is 3.25. The zero-order valence-corrected chi connectivity index (χ0v) is 13.9. The third-order valence-corrected chi connectivity index (χ3v) is 5.56. The molecule has 0 aromatic heterocycles. The molecule has 3 rings (SSSR count). The van der Waals surface area contributed by atoms with Crippen molar-refractivity contribution in [3.63, 3.8) is 0 Å². The van der Waals surface area contributed by atoms with E-state index in [0.717, 1.165) is 17.1 Å². The molecule has 1 fully saturated rings. The summed E-state index contributed by atoms with van der Waals surface area (Å²) in [6.45, 7) is 3.20. The maximum Gasteiger partial charge on any atom is 0.0314 e. The fourth-order valence-electron chi connectivity index (χ4n) is 2.13. The quantitative estimate of drug-likeness (QED) is 0.801. The van der Waals surface area contributed by atoms with Crippen LogP contribution in [0.25, 0.3) is 0 Å². The molecule has 0 radical (unpaired) electrons. The minimum absolute atomic E-state index is 0.767. The lowest BCUT2D eigenvalue weighted by Gasteiger charge is -2.10. The van der Waals surface area contributed by atoms with Crippen molar-refractivity contribution in [2.45, 2.75) is 42.1 Å². The highest BCUT2D eigenvalue weighted by molar-refractivity contribution is 9.10. The number of rotatable bonds is 5. The molecule has 104 valence electrons. The van der Waals surface area contributed by atoms with Crippen molar-refractivity contribution in [1.82, 2.24) is 5.32 Å². The molecule has 0 spiro atoms. The Kier molecular flexibility index (Phi) is 4.49. The summed E-state index contributed by atoms with van der Waals surface area (Å²) in [6, 6.07) is 15.9. The van der Waals surface area contributed by atoms with Crippen LogP contribution in [0.15, 0.2) is 56.7 Å². The van der Waals surface area contributed by atoms with Crippen molar-refractivity contribution < 1.29 is 0 Å². The molecular weight excluding hydrogens is 330 g/mol. The molecule has 0 atom stereocenters. The van der Waals surface area contributed by atoms with Gasteiger partial charge < -0.3 is 5.32 Å². The lowest BCUT2D eigenvalue weighted by molar-refractivity contribution is 0.685. The number of aryl methyl sites for hydroxylation is 1. The molecular formula is C17H18BrNS. The molecule has 0 unspecified atom stereocenters. The second-order valence-electron chi connectivity index (χ2n) is 5.28. The van der Waals surface area contributed by atoms with E-state index in [1.54, 1.807) is 11.8 Å². The van der Waals surface area contributed by atoms with Gasteiger partial charge in [0, 0.05) is 26.9 Å². The van der Waals surface area contributed by atoms with Crippen molar-refractivity contribution in [3.05, 3.63) is 58.1 Å². The van der Waals surface area contributed by atoms with Gasteiger partial charge in [-0.1, -0.05) is 30.0 Å². The first-order chi connectivity index (χ1) is 9.72. The van der Waals surface area contributed by atoms with Crippen LogP contribution >= 0.6 is 27.7 Å². The van der Waals surface area contributed by atoms with Crippen molar-refractivity contribution >= 4 is 27.7 Å². The Hall–Kier alpha value is -0.770. The molecule has 0 bridgehead atoms. The number of hydrogen-bond donors (Lipinski definition) is 1. The average molecular weight is 348 g/mol. The second kappa shape index (κ2) is 6.33. The third kappa shape index (κ3) is 3.66. The van der Waals surface area contributed by atoms with Gasteiger partial charge in [-0.3, -0.25) is 0 Å². The van der Waals surface area contributed by atoms with E-state index in [4.69, 9.17) is 0 Å². The van der Waals surface area contributed by atoms with Gasteiger partial charge in [0.05, 0.1) is 0 Å². The van der Waals surface area contributed by atoms with Crippen LogP contribution in [0.2, 0.25) is 0 Å². The largest absolute Gasteiger partial charge is 0.310 e. The van der Waals surface area contributed by atoms with Gasteiger partial charge in [-0.15, -0.1) is 0 Å². The molecule has 1 saturated carbocycles. The number of benzene rings is 2. The van der Waals surface area contributed by atoms with Crippen molar-refractivity contribution in [2.24, 2.45) is 0 Å². The molecule has 0 heterocycles. The highest BCUT2D eigenvalue weighted by Crippen LogP contribution is 2.34. The third-order valence-electron chi connectivity index (χ3n) is 3.54. The van der Waals surface area contributed by atoms with E-state index in [-0.39, 0.29) is 0 Å². The highest BCUT2D eigenvalue weighted by atomic mass is 79.9. The normalized spacial score (nSPS) is 14.5. The van der Waals surface area contributed by atoms with Crippen LogP contribution in [0.1, 0.15) is 24.0 Å². The van der Waals surface area contributed by atoms with E-state index in [1.807, 2.05) is 6.07 Å². The maximum absolute atomic E-state index is 3.60. The van der Waals surface area contributed by atoms with Gasteiger partial charge in [0.2, 0.25) is 0 Å². The lowest BCUT2D eigenvalue weighted by Crippen LogP contribution is -2.15. The summed E-state index contributed by atoms with van der Waals surface area (Å²) in [5, 5.41) is 3.58. The Bertz CT molecular complexity index is 608. The van der Waals surface area contributed by atoms with Crippen molar-refractivity contribution in [3.8, 4) is 0 Å². The molecule has 1 aliphatic carbocycles. The lowest BCUT2D eigenvalue weighted by atomic mass is 10.1. The molecule has 1 N–H and O–H groups in total. The molecule has 1 nitrogen and oxygen atoms in total. The van der Waals surface area contributed by atoms with Gasteiger partial charge in [-0.2, -0.15) is 0 Å². The van der Waals surface area contributed by atoms with E-state index in [0.29, 0.717) is 0 Å². The maximum atomic E-state index is 3.60. The Morgan fingerprint density at radius 2 is 2.00 bits per heavy atom. The van der Waals surface area contributed by atoms with E-state index >= 15 is 0 Å². The van der Waals surface area contributed by atoms with Crippen LogP contribution in [0.5, 0.6) is 0 Å². The van der Waals surface area contributed by atoms with Crippen LogP contribution in [-0.2, 0) is 6.54 Å². The zero-order valence-electron chi connectivity index (χ0n) is 11.5. The van der Waals surface area contributed by atoms with E-state index < -0.39 is 0 Å². The number of halogens is 1. The smallest absolute Gasteiger partial charge is 0.0314 e. The standard InChI is InChI=1S/C17H18BrNS/c1-12-10-15(20-17-5-3-2-4-16(17)18)9-6-13(12)11-19-14-7-8-14/h2-6,9-10,14,19H,7-8,11H2,1H3. The van der Waals surface area contributed by atoms with Crippen LogP contribution in [0, 0.1) is 6.92 Å². The van der Waals surface area contributed by atoms with Crippen LogP contribution < -0.4 is 5.32 Å². The van der Waals surface area contributed by atoms with E-state index in [9.17, 15) is 0 Å². The predicted octanol–water partition coefficient (Wildman–Crippen LogP) is 5.16. The van der Waals surface area contributed by atoms with Crippen LogP contribution in [0.3, 0.4) is 0 Å². The van der Waals surface area contributed by atoms with Gasteiger partial charge >= 0.3 is 0 Å². The Balaban J connectivity index is 1.71. The number of nitrogens with one attached hydrogen (secondary N) is 1. The minimum Gasteiger partial charge on any atom is -0.310 e. The van der Waals surface area contributed by atoms with Gasteiger partial charge in [0.25, 0.3) is 0 Å². The molecule has 2 aromatic rings. The number of hydrogen-bond acceptors (Lipinski definition) is 2. The fraction of sp³-hybridized carbons (Fsp3) is 0.294. The summed E-state index contributed by atoms with van der Waals surface area (Å²) in [6.07, 6.45) is 2.68. The summed E-state index contributed by atoms with van der Waals surface area (Å²) in [5.74, 6) is 0. The molecule has 3 heteroatoms. The van der Waals surface area contributed by atoms with Crippen LogP contribution in [0.4, 0.5) is 0 Å². The molecule has 0 saturated heterocycles. The molecule has 0 amide bonds. The Morgan fingerprint density at radius 3 is 2.70 bits per heavy atom. The fourth-order valence-corrected chi connectivity index (χ4v) is 3.59. The van der Waals surface area contributed by atoms with Gasteiger partial charge in [-0.05, 0) is 71.1 Å². The van der Waals surface area contributed by atoms with E-state index in [1.165, 1.54) is 33.8 Å². The molecule has 2 aromatic carbocycles. The minimum atomic E-state index is 0.767. The van der Waals surface area contributed by atoms with Crippen LogP contribution in [-0.4, -0.2) is 6.04 Å². The summed E-state index contributed by atoms with van der Waals surface area (Å²) in [5.41, 5.74) is 2.78. The topological polar surface area (TPSA) is 12.0 Å². The summed E-state index contributed by atoms with van der Waals surface area (Å²) in [4.78, 5) is 2.56. The monoisotopic (exact) mass is 347 g/mol. The second-order valence-corrected chi connectivity index (χ2v) is 7.25. The first-order valence-electron chi connectivity index (χ1n) is 6.97. The summed E-state index contributed by atoms with van der Waals surface area (Å²) >= 11 is 5.41. The molecule has 1 aliphatic rings. The summed E-state index contributed by atoms with van der Waals surface area (Å²) < 4.78 is 1.15. The van der Waals surface area contributed by atoms with E-state index in [2.05, 4.69) is 64.6 Å². The van der Waals surface area contributed by atoms with Gasteiger partial charge in [-0.25, -0.2) is 0 Å². The SMILES string of the molecule is Cc1cc(Sc2ccccc2Br)ccc1CNC1CC1. The molecule has 20 heavy (non-hydrogen) atoms. The Labute approximate surface area is 133 Å². The Morgan fingerprint density at radius 1 is 1.20 bits per heavy atom. The predicted molar refractivity (Wildman–Crippen MR) is 89.3 cm³/mol.